The predicted octanol–water partition coefficient (Wildman–Crippen LogP) is 1.58. The zero-order valence-electron chi connectivity index (χ0n) is 8.61. The maximum Gasteiger partial charge on any atom is 0.184 e. The lowest BCUT2D eigenvalue weighted by molar-refractivity contribution is 0.625. The Morgan fingerprint density at radius 2 is 2.20 bits per heavy atom. The highest BCUT2D eigenvalue weighted by atomic mass is 19.1. The fourth-order valence-corrected chi connectivity index (χ4v) is 1.42. The van der Waals surface area contributed by atoms with Crippen LogP contribution in [-0.2, 0) is 13.5 Å². The number of hydrogen-bond acceptors (Lipinski definition) is 3. The van der Waals surface area contributed by atoms with E-state index in [2.05, 4.69) is 15.5 Å². The Morgan fingerprint density at radius 1 is 1.40 bits per heavy atom. The van der Waals surface area contributed by atoms with Crippen LogP contribution in [-0.4, -0.2) is 20.2 Å². The first-order chi connectivity index (χ1) is 7.22. The van der Waals surface area contributed by atoms with Crippen LogP contribution in [0.4, 0.5) is 4.39 Å². The molecule has 0 amide bonds. The molecule has 0 aliphatic heterocycles. The first-order valence-electron chi connectivity index (χ1n) is 4.73. The van der Waals surface area contributed by atoms with Crippen molar-refractivity contribution in [1.29, 1.82) is 0 Å². The van der Waals surface area contributed by atoms with E-state index in [-0.39, 0.29) is 5.82 Å². The maximum atomic E-state index is 13.7. The van der Waals surface area contributed by atoms with Crippen LogP contribution < -0.4 is 0 Å². The summed E-state index contributed by atoms with van der Waals surface area (Å²) < 4.78 is 15.1. The predicted molar refractivity (Wildman–Crippen MR) is 53.6 cm³/mol. The monoisotopic (exact) mass is 206 g/mol. The molecule has 1 aromatic carbocycles. The highest BCUT2D eigenvalue weighted by molar-refractivity contribution is 5.56. The van der Waals surface area contributed by atoms with Crippen LogP contribution in [0, 0.1) is 5.82 Å². The lowest BCUT2D eigenvalue weighted by Crippen LogP contribution is -1.97. The average molecular weight is 206 g/mol. The molecule has 78 valence electrons. The lowest BCUT2D eigenvalue weighted by atomic mass is 10.1. The molecule has 0 fully saturated rings. The summed E-state index contributed by atoms with van der Waals surface area (Å²) in [5.74, 6) is 0.155. The van der Waals surface area contributed by atoms with Crippen LogP contribution in [0.3, 0.4) is 0 Å². The van der Waals surface area contributed by atoms with E-state index in [4.69, 9.17) is 0 Å². The minimum Gasteiger partial charge on any atom is -0.228 e. The van der Waals surface area contributed by atoms with Crippen molar-refractivity contribution in [2.75, 3.05) is 0 Å². The summed E-state index contributed by atoms with van der Waals surface area (Å²) in [7, 11) is 1.68. The molecule has 1 aromatic heterocycles. The van der Waals surface area contributed by atoms with Crippen molar-refractivity contribution in [3.05, 3.63) is 29.6 Å². The van der Waals surface area contributed by atoms with E-state index in [0.29, 0.717) is 11.4 Å². The van der Waals surface area contributed by atoms with Gasteiger partial charge in [0.25, 0.3) is 0 Å². The van der Waals surface area contributed by atoms with Crippen LogP contribution in [0.1, 0.15) is 12.5 Å². The second-order valence-electron chi connectivity index (χ2n) is 3.29. The van der Waals surface area contributed by atoms with Gasteiger partial charge in [0, 0.05) is 7.05 Å². The van der Waals surface area contributed by atoms with Crippen molar-refractivity contribution in [2.45, 2.75) is 13.3 Å². The summed E-state index contributed by atoms with van der Waals surface area (Å²) in [6.45, 7) is 1.98. The molecule has 5 heteroatoms. The van der Waals surface area contributed by atoms with Gasteiger partial charge in [0.05, 0.1) is 5.56 Å². The quantitative estimate of drug-likeness (QED) is 0.749. The topological polar surface area (TPSA) is 43.6 Å². The van der Waals surface area contributed by atoms with Gasteiger partial charge in [0.1, 0.15) is 5.82 Å². The first-order valence-corrected chi connectivity index (χ1v) is 4.73. The minimum atomic E-state index is -0.285. The molecule has 0 atom stereocenters. The van der Waals surface area contributed by atoms with Crippen molar-refractivity contribution >= 4 is 0 Å². The molecule has 1 heterocycles. The van der Waals surface area contributed by atoms with Gasteiger partial charge < -0.3 is 0 Å². The zero-order chi connectivity index (χ0) is 10.8. The summed E-state index contributed by atoms with van der Waals surface area (Å²) in [4.78, 5) is 0. The van der Waals surface area contributed by atoms with Gasteiger partial charge in [-0.25, -0.2) is 9.07 Å². The number of hydrogen-bond donors (Lipinski definition) is 0. The molecule has 15 heavy (non-hydrogen) atoms. The molecule has 2 rings (SSSR count). The third kappa shape index (κ3) is 1.72. The van der Waals surface area contributed by atoms with Gasteiger partial charge >= 0.3 is 0 Å². The molecule has 0 saturated carbocycles. The molecule has 0 saturated heterocycles. The van der Waals surface area contributed by atoms with E-state index >= 15 is 0 Å². The molecule has 0 unspecified atom stereocenters. The van der Waals surface area contributed by atoms with Crippen LogP contribution in [0.2, 0.25) is 0 Å². The van der Waals surface area contributed by atoms with Crippen molar-refractivity contribution in [1.82, 2.24) is 20.2 Å². The van der Waals surface area contributed by atoms with Gasteiger partial charge in [0.2, 0.25) is 0 Å². The number of tetrazole rings is 1. The summed E-state index contributed by atoms with van der Waals surface area (Å²) in [5, 5.41) is 10.9. The molecule has 0 radical (unpaired) electrons. The van der Waals surface area contributed by atoms with E-state index in [1.807, 2.05) is 13.0 Å². The van der Waals surface area contributed by atoms with Gasteiger partial charge in [-0.2, -0.15) is 0 Å². The Morgan fingerprint density at radius 3 is 2.73 bits per heavy atom. The fraction of sp³-hybridized carbons (Fsp3) is 0.300. The SMILES string of the molecule is CCc1ccc(-c2nnnn2C)c(F)c1. The highest BCUT2D eigenvalue weighted by Crippen LogP contribution is 2.20. The number of nitrogens with zero attached hydrogens (tertiary/aromatic N) is 4. The van der Waals surface area contributed by atoms with Crippen molar-refractivity contribution < 1.29 is 4.39 Å². The van der Waals surface area contributed by atoms with E-state index in [1.54, 1.807) is 13.1 Å². The van der Waals surface area contributed by atoms with Gasteiger partial charge in [0.15, 0.2) is 5.82 Å². The molecular formula is C10H11FN4. The number of benzene rings is 1. The molecule has 4 nitrogen and oxygen atoms in total. The molecule has 0 aliphatic rings. The number of aryl methyl sites for hydroxylation is 2. The van der Waals surface area contributed by atoms with Gasteiger partial charge in [-0.15, -0.1) is 5.10 Å². The molecule has 0 N–H and O–H groups in total. The zero-order valence-corrected chi connectivity index (χ0v) is 8.61. The highest BCUT2D eigenvalue weighted by Gasteiger charge is 2.11. The third-order valence-electron chi connectivity index (χ3n) is 2.30. The number of halogens is 1. The first kappa shape index (κ1) is 9.76. The van der Waals surface area contributed by atoms with Crippen LogP contribution in [0.15, 0.2) is 18.2 Å². The van der Waals surface area contributed by atoms with Gasteiger partial charge in [-0.05, 0) is 34.5 Å². The number of aromatic nitrogens is 4. The van der Waals surface area contributed by atoms with Crippen molar-refractivity contribution in [3.8, 4) is 11.4 Å². The summed E-state index contributed by atoms with van der Waals surface area (Å²) in [6, 6.07) is 5.11. The maximum absolute atomic E-state index is 13.7. The molecule has 0 bridgehead atoms. The van der Waals surface area contributed by atoms with E-state index in [9.17, 15) is 4.39 Å². The fourth-order valence-electron chi connectivity index (χ4n) is 1.42. The Balaban J connectivity index is 2.50. The van der Waals surface area contributed by atoms with Crippen LogP contribution >= 0.6 is 0 Å². The van der Waals surface area contributed by atoms with E-state index < -0.39 is 0 Å². The average Bonchev–Trinajstić information content (AvgIpc) is 2.64. The minimum absolute atomic E-state index is 0.285. The lowest BCUT2D eigenvalue weighted by Gasteiger charge is -2.02. The largest absolute Gasteiger partial charge is 0.228 e. The molecule has 0 aliphatic carbocycles. The van der Waals surface area contributed by atoms with Gasteiger partial charge in [-0.3, -0.25) is 0 Å². The Labute approximate surface area is 86.7 Å². The van der Waals surface area contributed by atoms with Crippen molar-refractivity contribution in [3.63, 3.8) is 0 Å². The smallest absolute Gasteiger partial charge is 0.184 e. The summed E-state index contributed by atoms with van der Waals surface area (Å²) in [5.41, 5.74) is 1.39. The second kappa shape index (κ2) is 3.76. The van der Waals surface area contributed by atoms with E-state index in [1.165, 1.54) is 10.7 Å². The van der Waals surface area contributed by atoms with E-state index in [0.717, 1.165) is 12.0 Å². The molecule has 0 spiro atoms. The molecule has 2 aromatic rings. The Bertz CT molecular complexity index is 478. The van der Waals surface area contributed by atoms with Gasteiger partial charge in [-0.1, -0.05) is 13.0 Å². The van der Waals surface area contributed by atoms with Crippen molar-refractivity contribution in [2.24, 2.45) is 7.05 Å². The standard InChI is InChI=1S/C10H11FN4/c1-3-7-4-5-8(9(11)6-7)10-12-13-14-15(10)2/h4-6H,3H2,1-2H3. The second-order valence-corrected chi connectivity index (χ2v) is 3.29. The van der Waals surface area contributed by atoms with Crippen LogP contribution in [0.5, 0.6) is 0 Å². The normalized spacial score (nSPS) is 10.6. The Hall–Kier alpha value is -1.78. The summed E-state index contributed by atoms with van der Waals surface area (Å²) >= 11 is 0. The third-order valence-corrected chi connectivity index (χ3v) is 2.30. The number of rotatable bonds is 2. The molecular weight excluding hydrogens is 195 g/mol. The summed E-state index contributed by atoms with van der Waals surface area (Å²) in [6.07, 6.45) is 0.814. The Kier molecular flexibility index (Phi) is 2.45. The van der Waals surface area contributed by atoms with Crippen LogP contribution in [0.25, 0.3) is 11.4 Å².